The minimum Gasteiger partial charge on any atom is -0.479 e. The summed E-state index contributed by atoms with van der Waals surface area (Å²) < 4.78 is 21.6. The molecule has 3 rings (SSSR count). The molecule has 0 radical (unpaired) electrons. The van der Waals surface area contributed by atoms with Crippen LogP contribution >= 0.6 is 0 Å². The van der Waals surface area contributed by atoms with Gasteiger partial charge in [-0.3, -0.25) is 4.99 Å². The molecule has 2 aliphatic rings. The highest BCUT2D eigenvalue weighted by molar-refractivity contribution is 5.91. The van der Waals surface area contributed by atoms with Crippen LogP contribution in [-0.4, -0.2) is 34.5 Å². The average Bonchev–Trinajstić information content (AvgIpc) is 2.96. The van der Waals surface area contributed by atoms with Crippen molar-refractivity contribution in [3.05, 3.63) is 77.8 Å². The molecule has 1 aromatic rings. The molecule has 1 aromatic heterocycles. The molecule has 0 spiro atoms. The molecule has 0 fully saturated rings. The van der Waals surface area contributed by atoms with E-state index < -0.39 is 0 Å². The van der Waals surface area contributed by atoms with Crippen molar-refractivity contribution in [2.75, 3.05) is 6.61 Å². The fraction of sp³-hybridized carbons (Fsp3) is 0.346. The number of fused-ring (bicyclic) bond motifs is 1. The average molecular weight is 435 g/mol. The Hall–Kier alpha value is -3.28. The normalized spacial score (nSPS) is 21.0. The second-order valence-corrected chi connectivity index (χ2v) is 7.52. The molecule has 1 aliphatic heterocycles. The zero-order valence-corrected chi connectivity index (χ0v) is 19.3. The number of ether oxygens (including phenoxy) is 1. The molecule has 0 unspecified atom stereocenters. The first-order valence-corrected chi connectivity index (χ1v) is 11.1. The summed E-state index contributed by atoms with van der Waals surface area (Å²) in [5, 5.41) is 4.81. The third kappa shape index (κ3) is 4.96. The third-order valence-corrected chi connectivity index (χ3v) is 5.26. The van der Waals surface area contributed by atoms with E-state index in [-0.39, 0.29) is 17.8 Å². The predicted molar refractivity (Wildman–Crippen MR) is 131 cm³/mol. The number of aromatic nitrogens is 2. The number of aliphatic imine (C=N–C) groups is 2. The zero-order chi connectivity index (χ0) is 23.1. The molecule has 2 heterocycles. The highest BCUT2D eigenvalue weighted by atomic mass is 19.1. The fourth-order valence-electron chi connectivity index (χ4n) is 3.77. The minimum atomic E-state index is -0.386. The van der Waals surface area contributed by atoms with E-state index in [1.807, 2.05) is 49.9 Å². The van der Waals surface area contributed by atoms with Crippen LogP contribution in [0.15, 0.2) is 76.6 Å². The van der Waals surface area contributed by atoms with E-state index in [1.165, 1.54) is 12.2 Å². The van der Waals surface area contributed by atoms with Gasteiger partial charge < -0.3 is 4.74 Å². The van der Waals surface area contributed by atoms with Gasteiger partial charge in [-0.05, 0) is 63.6 Å². The van der Waals surface area contributed by atoms with Gasteiger partial charge in [0.25, 0.3) is 0 Å². The SMILES string of the molecule is C=C(/C=C\C(F)=C/C)[C@H]1c2c(C)nn(C3=CC=CCC=C3)c2N=C(OCC)[C@H]1N=CCC. The Morgan fingerprint density at radius 1 is 1.34 bits per heavy atom. The molecule has 0 saturated carbocycles. The van der Waals surface area contributed by atoms with Crippen LogP contribution in [-0.2, 0) is 4.74 Å². The third-order valence-electron chi connectivity index (χ3n) is 5.26. The summed E-state index contributed by atoms with van der Waals surface area (Å²) in [5.74, 6) is 0.631. The molecule has 1 aliphatic carbocycles. The molecule has 0 bridgehead atoms. The van der Waals surface area contributed by atoms with Crippen LogP contribution in [0.4, 0.5) is 10.2 Å². The van der Waals surface area contributed by atoms with E-state index in [4.69, 9.17) is 19.8 Å². The standard InChI is InChI=1S/C26H31FN4O/c1-6-17-28-24-22(18(4)15-16-20(27)7-2)23-19(5)30-31(21-13-11-9-10-12-14-21)25(23)29-26(24)32-8-3/h7,9,11-17,22,24H,4,6,8,10H2,1-3,5H3/b16-15-,20-7+,28-17?/t22-,24-/m0/s1. The van der Waals surface area contributed by atoms with Crippen LogP contribution in [0, 0.1) is 6.92 Å². The monoisotopic (exact) mass is 434 g/mol. The first-order valence-electron chi connectivity index (χ1n) is 11.1. The molecular formula is C26H31FN4O. The van der Waals surface area contributed by atoms with Crippen LogP contribution in [0.25, 0.3) is 5.70 Å². The number of hydrogen-bond donors (Lipinski definition) is 0. The van der Waals surface area contributed by atoms with Gasteiger partial charge in [0.05, 0.1) is 18.0 Å². The number of aryl methyl sites for hydroxylation is 1. The summed E-state index contributed by atoms with van der Waals surface area (Å²) in [4.78, 5) is 9.64. The van der Waals surface area contributed by atoms with Crippen molar-refractivity contribution in [1.82, 2.24) is 9.78 Å². The Balaban J connectivity index is 2.21. The van der Waals surface area contributed by atoms with Gasteiger partial charge in [0.1, 0.15) is 11.9 Å². The molecule has 0 amide bonds. The summed E-state index contributed by atoms with van der Waals surface area (Å²) in [5.41, 5.74) is 3.41. The molecular weight excluding hydrogens is 403 g/mol. The van der Waals surface area contributed by atoms with E-state index in [2.05, 4.69) is 18.7 Å². The first-order chi connectivity index (χ1) is 15.5. The van der Waals surface area contributed by atoms with E-state index in [0.29, 0.717) is 18.3 Å². The molecule has 6 heteroatoms. The smallest absolute Gasteiger partial charge is 0.216 e. The van der Waals surface area contributed by atoms with Crippen molar-refractivity contribution in [3.8, 4) is 0 Å². The number of hydrogen-bond acceptors (Lipinski definition) is 4. The maximum Gasteiger partial charge on any atom is 0.216 e. The predicted octanol–water partition coefficient (Wildman–Crippen LogP) is 6.55. The van der Waals surface area contributed by atoms with Crippen LogP contribution in [0.2, 0.25) is 0 Å². The topological polar surface area (TPSA) is 51.8 Å². The van der Waals surface area contributed by atoms with Crippen LogP contribution in [0.1, 0.15) is 50.8 Å². The quantitative estimate of drug-likeness (QED) is 0.361. The Morgan fingerprint density at radius 3 is 2.88 bits per heavy atom. The molecule has 0 saturated heterocycles. The Morgan fingerprint density at radius 2 is 2.16 bits per heavy atom. The van der Waals surface area contributed by atoms with Gasteiger partial charge in [0.2, 0.25) is 5.90 Å². The Kier molecular flexibility index (Phi) is 7.92. The summed E-state index contributed by atoms with van der Waals surface area (Å²) in [6, 6.07) is -0.386. The van der Waals surface area contributed by atoms with E-state index in [9.17, 15) is 4.39 Å². The van der Waals surface area contributed by atoms with Crippen LogP contribution < -0.4 is 0 Å². The lowest BCUT2D eigenvalue weighted by atomic mass is 9.83. The van der Waals surface area contributed by atoms with Crippen molar-refractivity contribution >= 4 is 23.6 Å². The molecule has 0 N–H and O–H groups in total. The van der Waals surface area contributed by atoms with Gasteiger partial charge in [-0.25, -0.2) is 9.07 Å². The Labute approximate surface area is 189 Å². The van der Waals surface area contributed by atoms with Crippen molar-refractivity contribution in [2.45, 2.75) is 52.5 Å². The van der Waals surface area contributed by atoms with Crippen molar-refractivity contribution in [3.63, 3.8) is 0 Å². The largest absolute Gasteiger partial charge is 0.479 e. The summed E-state index contributed by atoms with van der Waals surface area (Å²) in [6.07, 6.45) is 18.3. The van der Waals surface area contributed by atoms with Gasteiger partial charge in [0, 0.05) is 11.5 Å². The van der Waals surface area contributed by atoms with Crippen LogP contribution in [0.3, 0.4) is 0 Å². The summed E-state index contributed by atoms with van der Waals surface area (Å²) in [6.45, 7) is 12.3. The molecule has 0 aromatic carbocycles. The van der Waals surface area contributed by atoms with Crippen LogP contribution in [0.5, 0.6) is 0 Å². The second-order valence-electron chi connectivity index (χ2n) is 7.52. The molecule has 2 atom stereocenters. The fourth-order valence-corrected chi connectivity index (χ4v) is 3.77. The highest BCUT2D eigenvalue weighted by Gasteiger charge is 2.39. The number of rotatable bonds is 7. The number of nitrogens with zero attached hydrogens (tertiary/aromatic N) is 4. The summed E-state index contributed by atoms with van der Waals surface area (Å²) in [7, 11) is 0. The molecule has 32 heavy (non-hydrogen) atoms. The lowest BCUT2D eigenvalue weighted by Crippen LogP contribution is -2.32. The zero-order valence-electron chi connectivity index (χ0n) is 19.3. The van der Waals surface area contributed by atoms with Gasteiger partial charge in [-0.15, -0.1) is 0 Å². The molecule has 5 nitrogen and oxygen atoms in total. The maximum absolute atomic E-state index is 13.8. The Bertz CT molecular complexity index is 1070. The highest BCUT2D eigenvalue weighted by Crippen LogP contribution is 2.43. The molecule has 168 valence electrons. The van der Waals surface area contributed by atoms with Crippen molar-refractivity contribution in [1.29, 1.82) is 0 Å². The lowest BCUT2D eigenvalue weighted by molar-refractivity contribution is 0.306. The van der Waals surface area contributed by atoms with Gasteiger partial charge in [-0.1, -0.05) is 43.9 Å². The number of halogens is 1. The van der Waals surface area contributed by atoms with Crippen molar-refractivity contribution in [2.24, 2.45) is 9.98 Å². The minimum absolute atomic E-state index is 0.271. The second kappa shape index (κ2) is 10.8. The lowest BCUT2D eigenvalue weighted by Gasteiger charge is -2.30. The van der Waals surface area contributed by atoms with Crippen molar-refractivity contribution < 1.29 is 9.13 Å². The van der Waals surface area contributed by atoms with E-state index >= 15 is 0 Å². The number of allylic oxidation sites excluding steroid dienone is 10. The summed E-state index contributed by atoms with van der Waals surface area (Å²) >= 11 is 0. The first kappa shape index (κ1) is 23.4. The maximum atomic E-state index is 13.8. The van der Waals surface area contributed by atoms with Gasteiger partial charge in [0.15, 0.2) is 5.82 Å². The van der Waals surface area contributed by atoms with E-state index in [0.717, 1.165) is 35.4 Å². The van der Waals surface area contributed by atoms with E-state index in [1.54, 1.807) is 13.0 Å². The van der Waals surface area contributed by atoms with Gasteiger partial charge in [-0.2, -0.15) is 10.1 Å². The van der Waals surface area contributed by atoms with Gasteiger partial charge >= 0.3 is 0 Å².